The number of nitrogens with one attached hydrogen (secondary N) is 1. The first kappa shape index (κ1) is 12.0. The molecule has 1 rings (SSSR count). The van der Waals surface area contributed by atoms with Gasteiger partial charge in [-0.05, 0) is 6.42 Å². The van der Waals surface area contributed by atoms with Gasteiger partial charge in [-0.2, -0.15) is 5.10 Å². The Morgan fingerprint density at radius 2 is 2.40 bits per heavy atom. The summed E-state index contributed by atoms with van der Waals surface area (Å²) >= 11 is 5.81. The van der Waals surface area contributed by atoms with Crippen molar-refractivity contribution in [2.75, 3.05) is 11.9 Å². The monoisotopic (exact) mass is 231 g/mol. The van der Waals surface area contributed by atoms with Crippen molar-refractivity contribution in [1.29, 1.82) is 0 Å². The predicted octanol–water partition coefficient (Wildman–Crippen LogP) is 0.616. The van der Waals surface area contributed by atoms with Gasteiger partial charge in [-0.1, -0.05) is 18.5 Å². The number of aliphatic hydroxyl groups is 1. The van der Waals surface area contributed by atoms with E-state index in [1.807, 2.05) is 6.92 Å². The van der Waals surface area contributed by atoms with Gasteiger partial charge in [0.15, 0.2) is 0 Å². The van der Waals surface area contributed by atoms with Crippen LogP contribution in [-0.4, -0.2) is 27.5 Å². The van der Waals surface area contributed by atoms with Gasteiger partial charge in [0.05, 0.1) is 18.0 Å². The normalized spacial score (nSPS) is 12.5. The summed E-state index contributed by atoms with van der Waals surface area (Å²) in [5.74, 6) is 0. The molecular formula is C9H14ClN3O2. The van der Waals surface area contributed by atoms with Gasteiger partial charge in [-0.15, -0.1) is 0 Å². The molecule has 2 N–H and O–H groups in total. The van der Waals surface area contributed by atoms with E-state index in [4.69, 9.17) is 11.6 Å². The van der Waals surface area contributed by atoms with Gasteiger partial charge in [-0.3, -0.25) is 4.79 Å². The van der Waals surface area contributed by atoms with Gasteiger partial charge in [0, 0.05) is 13.6 Å². The predicted molar refractivity (Wildman–Crippen MR) is 59.3 cm³/mol. The van der Waals surface area contributed by atoms with Crippen molar-refractivity contribution in [3.8, 4) is 0 Å². The third-order valence-corrected chi connectivity index (χ3v) is 2.44. The first-order valence-electron chi connectivity index (χ1n) is 4.70. The van der Waals surface area contributed by atoms with E-state index < -0.39 is 6.10 Å². The largest absolute Gasteiger partial charge is 0.391 e. The number of hydrogen-bond donors (Lipinski definition) is 2. The van der Waals surface area contributed by atoms with E-state index in [0.717, 1.165) is 4.68 Å². The number of nitrogens with zero attached hydrogens (tertiary/aromatic N) is 2. The molecule has 0 radical (unpaired) electrons. The zero-order valence-electron chi connectivity index (χ0n) is 8.70. The van der Waals surface area contributed by atoms with E-state index in [9.17, 15) is 9.90 Å². The maximum absolute atomic E-state index is 11.4. The van der Waals surface area contributed by atoms with Crippen LogP contribution in [0.2, 0.25) is 5.02 Å². The average Bonchev–Trinajstić information content (AvgIpc) is 2.24. The molecule has 1 unspecified atom stereocenters. The minimum Gasteiger partial charge on any atom is -0.391 e. The molecule has 0 bridgehead atoms. The summed E-state index contributed by atoms with van der Waals surface area (Å²) in [5.41, 5.74) is 0.0971. The van der Waals surface area contributed by atoms with E-state index in [1.165, 1.54) is 13.2 Å². The van der Waals surface area contributed by atoms with Crippen molar-refractivity contribution < 1.29 is 5.11 Å². The third-order valence-electron chi connectivity index (χ3n) is 2.08. The first-order valence-corrected chi connectivity index (χ1v) is 5.07. The smallest absolute Gasteiger partial charge is 0.287 e. The van der Waals surface area contributed by atoms with Gasteiger partial charge in [0.1, 0.15) is 5.02 Å². The zero-order valence-corrected chi connectivity index (χ0v) is 9.45. The second kappa shape index (κ2) is 5.14. The highest BCUT2D eigenvalue weighted by Crippen LogP contribution is 2.14. The fourth-order valence-electron chi connectivity index (χ4n) is 1.01. The van der Waals surface area contributed by atoms with Gasteiger partial charge in [0.2, 0.25) is 0 Å². The molecular weight excluding hydrogens is 218 g/mol. The molecule has 0 aliphatic carbocycles. The summed E-state index contributed by atoms with van der Waals surface area (Å²) in [6.07, 6.45) is 1.65. The Kier molecular flexibility index (Phi) is 4.11. The van der Waals surface area contributed by atoms with Gasteiger partial charge >= 0.3 is 0 Å². The molecule has 0 aliphatic rings. The van der Waals surface area contributed by atoms with Crippen molar-refractivity contribution >= 4 is 17.3 Å². The van der Waals surface area contributed by atoms with Gasteiger partial charge in [0.25, 0.3) is 5.56 Å². The Labute approximate surface area is 92.7 Å². The van der Waals surface area contributed by atoms with Crippen LogP contribution in [-0.2, 0) is 7.05 Å². The molecule has 0 spiro atoms. The number of halogens is 1. The molecule has 0 aromatic carbocycles. The van der Waals surface area contributed by atoms with E-state index in [0.29, 0.717) is 18.7 Å². The topological polar surface area (TPSA) is 67.2 Å². The molecule has 5 nitrogen and oxygen atoms in total. The molecule has 1 aromatic heterocycles. The van der Waals surface area contributed by atoms with E-state index in [-0.39, 0.29) is 10.6 Å². The molecule has 0 aliphatic heterocycles. The molecule has 84 valence electrons. The highest BCUT2D eigenvalue weighted by atomic mass is 35.5. The Bertz CT molecular complexity index is 391. The second-order valence-corrected chi connectivity index (χ2v) is 3.62. The van der Waals surface area contributed by atoms with Crippen LogP contribution in [0.1, 0.15) is 13.3 Å². The fourth-order valence-corrected chi connectivity index (χ4v) is 1.24. The minimum absolute atomic E-state index is 0.0933. The number of rotatable bonds is 4. The van der Waals surface area contributed by atoms with Crippen molar-refractivity contribution in [3.05, 3.63) is 21.6 Å². The zero-order chi connectivity index (χ0) is 11.4. The number of anilines is 1. The minimum atomic E-state index is -0.454. The maximum atomic E-state index is 11.4. The Hall–Kier alpha value is -1.07. The summed E-state index contributed by atoms with van der Waals surface area (Å²) < 4.78 is 1.16. The standard InChI is InChI=1S/C9H14ClN3O2/c1-3-6(14)4-11-7-5-12-13(2)9(15)8(7)10/h5-6,11,14H,3-4H2,1-2H3. The lowest BCUT2D eigenvalue weighted by Gasteiger charge is -2.11. The molecule has 1 atom stereocenters. The molecule has 0 amide bonds. The Balaban J connectivity index is 2.79. The van der Waals surface area contributed by atoms with E-state index in [1.54, 1.807) is 0 Å². The fraction of sp³-hybridized carbons (Fsp3) is 0.556. The quantitative estimate of drug-likeness (QED) is 0.797. The van der Waals surface area contributed by atoms with Crippen LogP contribution in [0.3, 0.4) is 0 Å². The first-order chi connectivity index (χ1) is 7.06. The molecule has 6 heteroatoms. The summed E-state index contributed by atoms with van der Waals surface area (Å²) in [6.45, 7) is 2.22. The summed E-state index contributed by atoms with van der Waals surface area (Å²) in [6, 6.07) is 0. The highest BCUT2D eigenvalue weighted by Gasteiger charge is 2.08. The molecule has 0 saturated carbocycles. The Morgan fingerprint density at radius 1 is 1.73 bits per heavy atom. The number of hydrogen-bond acceptors (Lipinski definition) is 4. The average molecular weight is 232 g/mol. The van der Waals surface area contributed by atoms with Gasteiger partial charge < -0.3 is 10.4 Å². The molecule has 15 heavy (non-hydrogen) atoms. The van der Waals surface area contributed by atoms with Gasteiger partial charge in [-0.25, -0.2) is 4.68 Å². The molecule has 0 fully saturated rings. The molecule has 0 saturated heterocycles. The molecule has 1 aromatic rings. The lowest BCUT2D eigenvalue weighted by Crippen LogP contribution is -2.23. The SMILES string of the molecule is CCC(O)CNc1cnn(C)c(=O)c1Cl. The molecule has 1 heterocycles. The number of aryl methyl sites for hydroxylation is 1. The van der Waals surface area contributed by atoms with Crippen molar-refractivity contribution in [2.45, 2.75) is 19.4 Å². The third kappa shape index (κ3) is 2.94. The number of aliphatic hydroxyl groups excluding tert-OH is 1. The number of aromatic nitrogens is 2. The van der Waals surface area contributed by atoms with E-state index in [2.05, 4.69) is 10.4 Å². The van der Waals surface area contributed by atoms with E-state index >= 15 is 0 Å². The van der Waals surface area contributed by atoms with Crippen LogP contribution in [0, 0.1) is 0 Å². The lowest BCUT2D eigenvalue weighted by atomic mass is 10.3. The van der Waals surface area contributed by atoms with Crippen LogP contribution >= 0.6 is 11.6 Å². The summed E-state index contributed by atoms with van der Waals surface area (Å²) in [7, 11) is 1.53. The lowest BCUT2D eigenvalue weighted by molar-refractivity contribution is 0.183. The van der Waals surface area contributed by atoms with Crippen LogP contribution < -0.4 is 10.9 Å². The van der Waals surface area contributed by atoms with Crippen molar-refractivity contribution in [3.63, 3.8) is 0 Å². The summed E-state index contributed by atoms with van der Waals surface area (Å²) in [4.78, 5) is 11.4. The highest BCUT2D eigenvalue weighted by molar-refractivity contribution is 6.32. The second-order valence-electron chi connectivity index (χ2n) is 3.24. The Morgan fingerprint density at radius 3 is 3.00 bits per heavy atom. The van der Waals surface area contributed by atoms with Crippen molar-refractivity contribution in [1.82, 2.24) is 9.78 Å². The van der Waals surface area contributed by atoms with Crippen LogP contribution in [0.15, 0.2) is 11.0 Å². The van der Waals surface area contributed by atoms with Crippen LogP contribution in [0.5, 0.6) is 0 Å². The maximum Gasteiger partial charge on any atom is 0.287 e. The van der Waals surface area contributed by atoms with Crippen LogP contribution in [0.4, 0.5) is 5.69 Å². The van der Waals surface area contributed by atoms with Crippen molar-refractivity contribution in [2.24, 2.45) is 7.05 Å². The van der Waals surface area contributed by atoms with Crippen LogP contribution in [0.25, 0.3) is 0 Å². The summed E-state index contributed by atoms with van der Waals surface area (Å²) in [5, 5.41) is 16.1.